The topological polar surface area (TPSA) is 52.6 Å². The van der Waals surface area contributed by atoms with Crippen LogP contribution in [0.2, 0.25) is 0 Å². The highest BCUT2D eigenvalue weighted by atomic mass is 16.5. The summed E-state index contributed by atoms with van der Waals surface area (Å²) >= 11 is 0. The second kappa shape index (κ2) is 6.56. The fourth-order valence-electron chi connectivity index (χ4n) is 1.23. The number of ether oxygens (including phenoxy) is 2. The fraction of sp³-hybridized carbons (Fsp3) is 0.818. The predicted molar refractivity (Wildman–Crippen MR) is 56.6 cm³/mol. The van der Waals surface area contributed by atoms with Gasteiger partial charge in [-0.2, -0.15) is 0 Å². The van der Waals surface area contributed by atoms with E-state index in [1.807, 2.05) is 0 Å². The minimum absolute atomic E-state index is 0.0196. The molecule has 0 saturated carbocycles. The van der Waals surface area contributed by atoms with Crippen molar-refractivity contribution in [2.75, 3.05) is 13.7 Å². The van der Waals surface area contributed by atoms with Crippen molar-refractivity contribution in [3.8, 4) is 0 Å². The lowest BCUT2D eigenvalue weighted by molar-refractivity contribution is -0.145. The van der Waals surface area contributed by atoms with E-state index in [0.717, 1.165) is 0 Å². The molecule has 4 heteroatoms. The number of ketones is 1. The fourth-order valence-corrected chi connectivity index (χ4v) is 1.23. The lowest BCUT2D eigenvalue weighted by atomic mass is 9.95. The van der Waals surface area contributed by atoms with Crippen LogP contribution in [0.25, 0.3) is 0 Å². The molecule has 0 rings (SSSR count). The van der Waals surface area contributed by atoms with Crippen LogP contribution in [0, 0.1) is 0 Å². The highest BCUT2D eigenvalue weighted by molar-refractivity contribution is 5.84. The summed E-state index contributed by atoms with van der Waals surface area (Å²) in [5.41, 5.74) is -0.771. The molecule has 0 spiro atoms. The molecule has 0 aliphatic rings. The van der Waals surface area contributed by atoms with Crippen LogP contribution in [0.4, 0.5) is 0 Å². The Morgan fingerprint density at radius 3 is 2.33 bits per heavy atom. The first kappa shape index (κ1) is 14.1. The Labute approximate surface area is 90.9 Å². The molecule has 4 nitrogen and oxygen atoms in total. The normalized spacial score (nSPS) is 14.4. The summed E-state index contributed by atoms with van der Waals surface area (Å²) in [6.07, 6.45) is 1.47. The second-order valence-corrected chi connectivity index (χ2v) is 3.65. The number of hydrogen-bond acceptors (Lipinski definition) is 4. The van der Waals surface area contributed by atoms with Gasteiger partial charge < -0.3 is 9.47 Å². The minimum Gasteiger partial charge on any atom is -0.466 e. The van der Waals surface area contributed by atoms with Gasteiger partial charge in [0.25, 0.3) is 0 Å². The maximum Gasteiger partial charge on any atom is 0.305 e. The summed E-state index contributed by atoms with van der Waals surface area (Å²) in [7, 11) is 1.51. The third kappa shape index (κ3) is 4.93. The zero-order valence-electron chi connectivity index (χ0n) is 9.96. The first-order chi connectivity index (χ1) is 6.96. The number of carbonyl (C=O) groups is 2. The average Bonchev–Trinajstić information content (AvgIpc) is 2.17. The van der Waals surface area contributed by atoms with Crippen molar-refractivity contribution in [1.82, 2.24) is 0 Å². The molecular formula is C11H20O4. The predicted octanol–water partition coefficient (Wildman–Crippen LogP) is 1.71. The Morgan fingerprint density at radius 1 is 1.33 bits per heavy atom. The summed E-state index contributed by atoms with van der Waals surface area (Å²) < 4.78 is 9.93. The van der Waals surface area contributed by atoms with Gasteiger partial charge in [0.05, 0.1) is 6.61 Å². The third-order valence-electron chi connectivity index (χ3n) is 2.54. The van der Waals surface area contributed by atoms with Crippen molar-refractivity contribution in [2.45, 2.75) is 45.6 Å². The molecule has 0 aliphatic heterocycles. The Balaban J connectivity index is 3.92. The number of hydrogen-bond donors (Lipinski definition) is 0. The number of methoxy groups -OCH3 is 1. The lowest BCUT2D eigenvalue weighted by Gasteiger charge is -2.24. The minimum atomic E-state index is -0.771. The average molecular weight is 216 g/mol. The van der Waals surface area contributed by atoms with Gasteiger partial charge in [-0.05, 0) is 33.6 Å². The molecule has 0 aliphatic carbocycles. The van der Waals surface area contributed by atoms with Crippen molar-refractivity contribution in [3.05, 3.63) is 0 Å². The van der Waals surface area contributed by atoms with E-state index >= 15 is 0 Å². The van der Waals surface area contributed by atoms with E-state index in [1.54, 1.807) is 13.8 Å². The van der Waals surface area contributed by atoms with Gasteiger partial charge >= 0.3 is 5.97 Å². The Hall–Kier alpha value is -0.900. The quantitative estimate of drug-likeness (QED) is 0.608. The smallest absolute Gasteiger partial charge is 0.305 e. The van der Waals surface area contributed by atoms with E-state index in [9.17, 15) is 9.59 Å². The molecule has 0 aromatic heterocycles. The summed E-state index contributed by atoms with van der Waals surface area (Å²) in [5.74, 6) is -0.242. The highest BCUT2D eigenvalue weighted by Gasteiger charge is 2.28. The van der Waals surface area contributed by atoms with Crippen LogP contribution in [0.15, 0.2) is 0 Å². The monoisotopic (exact) mass is 216 g/mol. The largest absolute Gasteiger partial charge is 0.466 e. The molecule has 15 heavy (non-hydrogen) atoms. The van der Waals surface area contributed by atoms with Crippen molar-refractivity contribution in [3.63, 3.8) is 0 Å². The molecule has 0 aromatic carbocycles. The van der Waals surface area contributed by atoms with Gasteiger partial charge in [-0.1, -0.05) is 0 Å². The molecule has 0 N–H and O–H groups in total. The van der Waals surface area contributed by atoms with Crippen LogP contribution in [0.5, 0.6) is 0 Å². The van der Waals surface area contributed by atoms with E-state index in [4.69, 9.17) is 9.47 Å². The van der Waals surface area contributed by atoms with Gasteiger partial charge in [0.15, 0.2) is 5.78 Å². The lowest BCUT2D eigenvalue weighted by Crippen LogP contribution is -2.35. The Bertz CT molecular complexity index is 225. The zero-order chi connectivity index (χ0) is 11.9. The van der Waals surface area contributed by atoms with Crippen LogP contribution in [-0.2, 0) is 19.1 Å². The molecule has 1 atom stereocenters. The molecule has 0 heterocycles. The molecule has 1 unspecified atom stereocenters. The summed E-state index contributed by atoms with van der Waals surface area (Å²) in [5, 5.41) is 0. The zero-order valence-corrected chi connectivity index (χ0v) is 9.96. The van der Waals surface area contributed by atoms with E-state index < -0.39 is 5.60 Å². The second-order valence-electron chi connectivity index (χ2n) is 3.65. The molecule has 88 valence electrons. The standard InChI is InChI=1S/C11H20O4/c1-5-15-10(13)7-6-8-11(3,14-4)9(2)12/h5-8H2,1-4H3. The molecule has 0 fully saturated rings. The summed E-state index contributed by atoms with van der Waals surface area (Å²) in [6, 6.07) is 0. The third-order valence-corrected chi connectivity index (χ3v) is 2.54. The first-order valence-electron chi connectivity index (χ1n) is 5.18. The molecule has 0 amide bonds. The van der Waals surface area contributed by atoms with Gasteiger partial charge in [-0.3, -0.25) is 9.59 Å². The van der Waals surface area contributed by atoms with Crippen LogP contribution in [-0.4, -0.2) is 31.1 Å². The molecule has 0 aromatic rings. The van der Waals surface area contributed by atoms with Crippen molar-refractivity contribution >= 4 is 11.8 Å². The van der Waals surface area contributed by atoms with E-state index in [1.165, 1.54) is 14.0 Å². The molecule has 0 bridgehead atoms. The highest BCUT2D eigenvalue weighted by Crippen LogP contribution is 2.19. The van der Waals surface area contributed by atoms with Gasteiger partial charge in [-0.25, -0.2) is 0 Å². The SMILES string of the molecule is CCOC(=O)CCCC(C)(OC)C(C)=O. The number of Topliss-reactive ketones (excluding diaryl/α,β-unsaturated/α-hetero) is 1. The van der Waals surface area contributed by atoms with Crippen molar-refractivity contribution < 1.29 is 19.1 Å². The van der Waals surface area contributed by atoms with Gasteiger partial charge in [-0.15, -0.1) is 0 Å². The molecular weight excluding hydrogens is 196 g/mol. The van der Waals surface area contributed by atoms with Crippen LogP contribution in [0.1, 0.15) is 40.0 Å². The number of rotatable bonds is 7. The van der Waals surface area contributed by atoms with Gasteiger partial charge in [0.2, 0.25) is 0 Å². The van der Waals surface area contributed by atoms with Crippen LogP contribution in [0.3, 0.4) is 0 Å². The van der Waals surface area contributed by atoms with Crippen molar-refractivity contribution in [1.29, 1.82) is 0 Å². The first-order valence-corrected chi connectivity index (χ1v) is 5.18. The van der Waals surface area contributed by atoms with Crippen molar-refractivity contribution in [2.24, 2.45) is 0 Å². The maximum absolute atomic E-state index is 11.3. The maximum atomic E-state index is 11.3. The Kier molecular flexibility index (Phi) is 6.17. The van der Waals surface area contributed by atoms with Crippen LogP contribution >= 0.6 is 0 Å². The van der Waals surface area contributed by atoms with Gasteiger partial charge in [0.1, 0.15) is 5.60 Å². The van der Waals surface area contributed by atoms with E-state index in [-0.39, 0.29) is 11.8 Å². The Morgan fingerprint density at radius 2 is 1.93 bits per heavy atom. The number of carbonyl (C=O) groups excluding carboxylic acids is 2. The number of esters is 1. The summed E-state index contributed by atoms with van der Waals surface area (Å²) in [6.45, 7) is 5.40. The van der Waals surface area contributed by atoms with E-state index in [0.29, 0.717) is 25.9 Å². The van der Waals surface area contributed by atoms with Crippen LogP contribution < -0.4 is 0 Å². The molecule has 0 radical (unpaired) electrons. The molecule has 0 saturated heterocycles. The van der Waals surface area contributed by atoms with E-state index in [2.05, 4.69) is 0 Å². The summed E-state index contributed by atoms with van der Waals surface area (Å²) in [4.78, 5) is 22.3. The van der Waals surface area contributed by atoms with Gasteiger partial charge in [0, 0.05) is 13.5 Å².